The van der Waals surface area contributed by atoms with Gasteiger partial charge in [-0.25, -0.2) is 0 Å². The molecule has 1 unspecified atom stereocenters. The van der Waals surface area contributed by atoms with E-state index in [4.69, 9.17) is 0 Å². The van der Waals surface area contributed by atoms with Crippen molar-refractivity contribution in [3.8, 4) is 0 Å². The molecule has 0 aliphatic carbocycles. The number of nitrogens with zero attached hydrogens (tertiary/aromatic N) is 1. The Morgan fingerprint density at radius 1 is 1.00 bits per heavy atom. The quantitative estimate of drug-likeness (QED) is 0.775. The first-order chi connectivity index (χ1) is 9.40. The normalized spacial score (nSPS) is 13.4. The maximum Gasteiger partial charge on any atom is 0.0804 e. The summed E-state index contributed by atoms with van der Waals surface area (Å²) in [6.45, 7) is 14.3. The number of hydrogen-bond donors (Lipinski definition) is 1. The van der Waals surface area contributed by atoms with E-state index in [9.17, 15) is 5.11 Å². The van der Waals surface area contributed by atoms with E-state index in [1.165, 1.54) is 5.56 Å². The standard InChI is InChI=1S/C18H31NO/c1-14(2)12-19(13-15(3)4)11-10-18(20)17-9-7-6-8-16(17)5/h6-9,14-15,18,20H,10-13H2,1-5H3. The van der Waals surface area contributed by atoms with Gasteiger partial charge >= 0.3 is 0 Å². The fourth-order valence-corrected chi connectivity index (χ4v) is 2.71. The third-order valence-electron chi connectivity index (χ3n) is 3.51. The first-order valence-electron chi connectivity index (χ1n) is 7.86. The molecule has 0 amide bonds. The number of aryl methyl sites for hydroxylation is 1. The minimum Gasteiger partial charge on any atom is -0.388 e. The number of hydrogen-bond acceptors (Lipinski definition) is 2. The molecule has 0 aromatic heterocycles. The van der Waals surface area contributed by atoms with Gasteiger partial charge in [0.25, 0.3) is 0 Å². The van der Waals surface area contributed by atoms with Gasteiger partial charge in [0.05, 0.1) is 6.10 Å². The van der Waals surface area contributed by atoms with Crippen LogP contribution in [0.25, 0.3) is 0 Å². The molecule has 20 heavy (non-hydrogen) atoms. The van der Waals surface area contributed by atoms with E-state index in [-0.39, 0.29) is 6.10 Å². The van der Waals surface area contributed by atoms with Crippen LogP contribution in [0.15, 0.2) is 24.3 Å². The van der Waals surface area contributed by atoms with Gasteiger partial charge in [-0.15, -0.1) is 0 Å². The molecule has 1 aromatic carbocycles. The first kappa shape index (κ1) is 17.2. The highest BCUT2D eigenvalue weighted by Gasteiger charge is 2.14. The molecular formula is C18H31NO. The summed E-state index contributed by atoms with van der Waals surface area (Å²) in [4.78, 5) is 2.48. The zero-order valence-corrected chi connectivity index (χ0v) is 13.8. The van der Waals surface area contributed by atoms with Gasteiger partial charge in [-0.2, -0.15) is 0 Å². The summed E-state index contributed by atoms with van der Waals surface area (Å²) in [6, 6.07) is 8.13. The van der Waals surface area contributed by atoms with E-state index in [1.807, 2.05) is 18.2 Å². The third kappa shape index (κ3) is 6.06. The van der Waals surface area contributed by atoms with Crippen LogP contribution in [0.2, 0.25) is 0 Å². The molecule has 1 rings (SSSR count). The molecule has 0 saturated carbocycles. The topological polar surface area (TPSA) is 23.5 Å². The molecule has 114 valence electrons. The van der Waals surface area contributed by atoms with E-state index in [1.54, 1.807) is 0 Å². The Morgan fingerprint density at radius 3 is 2.05 bits per heavy atom. The van der Waals surface area contributed by atoms with Gasteiger partial charge in [-0.3, -0.25) is 0 Å². The Hall–Kier alpha value is -0.860. The van der Waals surface area contributed by atoms with Gasteiger partial charge in [0.1, 0.15) is 0 Å². The summed E-state index contributed by atoms with van der Waals surface area (Å²) in [5, 5.41) is 10.4. The second kappa shape index (κ2) is 8.43. The summed E-state index contributed by atoms with van der Waals surface area (Å²) < 4.78 is 0. The van der Waals surface area contributed by atoms with E-state index in [0.717, 1.165) is 31.6 Å². The summed E-state index contributed by atoms with van der Waals surface area (Å²) in [7, 11) is 0. The van der Waals surface area contributed by atoms with Crippen molar-refractivity contribution in [3.05, 3.63) is 35.4 Å². The molecule has 2 heteroatoms. The molecule has 1 atom stereocenters. The highest BCUT2D eigenvalue weighted by atomic mass is 16.3. The smallest absolute Gasteiger partial charge is 0.0804 e. The Kier molecular flexibility index (Phi) is 7.25. The number of aliphatic hydroxyl groups is 1. The number of benzene rings is 1. The molecule has 2 nitrogen and oxygen atoms in total. The van der Waals surface area contributed by atoms with Crippen molar-refractivity contribution >= 4 is 0 Å². The molecule has 0 fully saturated rings. The lowest BCUT2D eigenvalue weighted by molar-refractivity contribution is 0.131. The average molecular weight is 277 g/mol. The third-order valence-corrected chi connectivity index (χ3v) is 3.51. The highest BCUT2D eigenvalue weighted by molar-refractivity contribution is 5.27. The Labute approximate surface area is 124 Å². The number of aliphatic hydroxyl groups excluding tert-OH is 1. The predicted molar refractivity (Wildman–Crippen MR) is 86.9 cm³/mol. The van der Waals surface area contributed by atoms with Crippen molar-refractivity contribution in [1.82, 2.24) is 4.90 Å². The van der Waals surface area contributed by atoms with Crippen molar-refractivity contribution in [3.63, 3.8) is 0 Å². The minimum absolute atomic E-state index is 0.349. The van der Waals surface area contributed by atoms with Gasteiger partial charge in [-0.05, 0) is 36.3 Å². The fourth-order valence-electron chi connectivity index (χ4n) is 2.71. The maximum absolute atomic E-state index is 10.4. The molecule has 0 radical (unpaired) electrons. The van der Waals surface area contributed by atoms with Gasteiger partial charge in [0.15, 0.2) is 0 Å². The summed E-state index contributed by atoms with van der Waals surface area (Å²) in [5.41, 5.74) is 2.25. The van der Waals surface area contributed by atoms with Crippen LogP contribution in [0, 0.1) is 18.8 Å². The Balaban J connectivity index is 2.55. The van der Waals surface area contributed by atoms with Crippen LogP contribution in [-0.4, -0.2) is 29.6 Å². The Bertz CT molecular complexity index is 377. The van der Waals surface area contributed by atoms with Gasteiger partial charge in [-0.1, -0.05) is 52.0 Å². The minimum atomic E-state index is -0.349. The lowest BCUT2D eigenvalue weighted by Crippen LogP contribution is -2.33. The van der Waals surface area contributed by atoms with E-state index < -0.39 is 0 Å². The van der Waals surface area contributed by atoms with Crippen molar-refractivity contribution in [2.45, 2.75) is 47.1 Å². The molecule has 0 bridgehead atoms. The van der Waals surface area contributed by atoms with Crippen LogP contribution in [0.3, 0.4) is 0 Å². The monoisotopic (exact) mass is 277 g/mol. The SMILES string of the molecule is Cc1ccccc1C(O)CCN(CC(C)C)CC(C)C. The average Bonchev–Trinajstić information content (AvgIpc) is 2.34. The molecular weight excluding hydrogens is 246 g/mol. The van der Waals surface area contributed by atoms with Crippen LogP contribution >= 0.6 is 0 Å². The second-order valence-corrected chi connectivity index (χ2v) is 6.71. The predicted octanol–water partition coefficient (Wildman–Crippen LogP) is 4.03. The molecule has 0 spiro atoms. The van der Waals surface area contributed by atoms with Crippen molar-refractivity contribution in [2.24, 2.45) is 11.8 Å². The maximum atomic E-state index is 10.4. The molecule has 1 N–H and O–H groups in total. The first-order valence-corrected chi connectivity index (χ1v) is 7.86. The van der Waals surface area contributed by atoms with E-state index in [0.29, 0.717) is 11.8 Å². The highest BCUT2D eigenvalue weighted by Crippen LogP contribution is 2.21. The fraction of sp³-hybridized carbons (Fsp3) is 0.667. The lowest BCUT2D eigenvalue weighted by atomic mass is 10.0. The Morgan fingerprint density at radius 2 is 1.55 bits per heavy atom. The zero-order chi connectivity index (χ0) is 15.1. The van der Waals surface area contributed by atoms with Crippen LogP contribution < -0.4 is 0 Å². The number of rotatable bonds is 8. The molecule has 1 aromatic rings. The van der Waals surface area contributed by atoms with Crippen molar-refractivity contribution in [2.75, 3.05) is 19.6 Å². The molecule has 0 aliphatic heterocycles. The van der Waals surface area contributed by atoms with Gasteiger partial charge in [0, 0.05) is 19.6 Å². The van der Waals surface area contributed by atoms with Crippen LogP contribution in [0.4, 0.5) is 0 Å². The van der Waals surface area contributed by atoms with Crippen LogP contribution in [0.1, 0.15) is 51.3 Å². The van der Waals surface area contributed by atoms with Crippen LogP contribution in [-0.2, 0) is 0 Å². The largest absolute Gasteiger partial charge is 0.388 e. The van der Waals surface area contributed by atoms with Crippen LogP contribution in [0.5, 0.6) is 0 Å². The van der Waals surface area contributed by atoms with Crippen molar-refractivity contribution in [1.29, 1.82) is 0 Å². The van der Waals surface area contributed by atoms with Crippen molar-refractivity contribution < 1.29 is 5.11 Å². The second-order valence-electron chi connectivity index (χ2n) is 6.71. The van der Waals surface area contributed by atoms with E-state index >= 15 is 0 Å². The lowest BCUT2D eigenvalue weighted by Gasteiger charge is -2.27. The molecule has 0 heterocycles. The molecule has 0 aliphatic rings. The van der Waals surface area contributed by atoms with Gasteiger partial charge in [0.2, 0.25) is 0 Å². The summed E-state index contributed by atoms with van der Waals surface area (Å²) >= 11 is 0. The molecule has 0 saturated heterocycles. The summed E-state index contributed by atoms with van der Waals surface area (Å²) in [5.74, 6) is 1.34. The summed E-state index contributed by atoms with van der Waals surface area (Å²) in [6.07, 6.45) is 0.461. The zero-order valence-electron chi connectivity index (χ0n) is 13.8. The van der Waals surface area contributed by atoms with E-state index in [2.05, 4.69) is 45.6 Å². The van der Waals surface area contributed by atoms with Gasteiger partial charge < -0.3 is 10.0 Å².